The van der Waals surface area contributed by atoms with E-state index in [1.165, 1.54) is 6.08 Å². The van der Waals surface area contributed by atoms with Crippen molar-refractivity contribution >= 4 is 51.1 Å². The first kappa shape index (κ1) is 22.2. The van der Waals surface area contributed by atoms with Gasteiger partial charge in [0.25, 0.3) is 0 Å². The van der Waals surface area contributed by atoms with Gasteiger partial charge in [0, 0.05) is 41.3 Å². The Labute approximate surface area is 178 Å². The Morgan fingerprint density at radius 3 is 2.61 bits per heavy atom. The van der Waals surface area contributed by atoms with E-state index in [2.05, 4.69) is 45.5 Å². The maximum absolute atomic E-state index is 12.0. The van der Waals surface area contributed by atoms with Crippen LogP contribution in [0.5, 0.6) is 0 Å². The molecule has 0 aliphatic rings. The summed E-state index contributed by atoms with van der Waals surface area (Å²) in [7, 11) is 0. The van der Waals surface area contributed by atoms with Crippen LogP contribution in [0.2, 0.25) is 5.15 Å². The number of benzene rings is 1. The topological polar surface area (TPSA) is 76.0 Å². The highest BCUT2D eigenvalue weighted by Crippen LogP contribution is 2.22. The molecule has 0 atom stereocenters. The number of aryl methyl sites for hydroxylation is 1. The van der Waals surface area contributed by atoms with Crippen molar-refractivity contribution in [1.82, 2.24) is 15.1 Å². The van der Waals surface area contributed by atoms with E-state index in [0.29, 0.717) is 23.3 Å². The molecule has 0 bridgehead atoms. The molecule has 0 aliphatic heterocycles. The number of hydrogen-bond donors (Lipinski definition) is 2. The lowest BCUT2D eigenvalue weighted by atomic mass is 10.2. The van der Waals surface area contributed by atoms with Gasteiger partial charge >= 0.3 is 0 Å². The molecule has 0 fully saturated rings. The molecule has 0 saturated carbocycles. The van der Waals surface area contributed by atoms with Gasteiger partial charge in [0.15, 0.2) is 0 Å². The van der Waals surface area contributed by atoms with Gasteiger partial charge in [0.2, 0.25) is 11.8 Å². The van der Waals surface area contributed by atoms with Gasteiger partial charge in [-0.05, 0) is 43.2 Å². The quantitative estimate of drug-likeness (QED) is 0.564. The summed E-state index contributed by atoms with van der Waals surface area (Å²) in [5.74, 6) is -0.0375. The summed E-state index contributed by atoms with van der Waals surface area (Å²) in [6.07, 6.45) is 3.24. The van der Waals surface area contributed by atoms with Gasteiger partial charge in [-0.25, -0.2) is 0 Å². The number of amides is 2. The second kappa shape index (κ2) is 10.4. The minimum atomic E-state index is -0.288. The molecular weight excluding hydrogens is 444 g/mol. The number of rotatable bonds is 8. The molecule has 2 aromatic rings. The van der Waals surface area contributed by atoms with Gasteiger partial charge in [-0.3, -0.25) is 14.3 Å². The number of hydrogen-bond acceptors (Lipinski definition) is 3. The Bertz CT molecular complexity index is 860. The number of carbonyl (C=O) groups is 2. The summed E-state index contributed by atoms with van der Waals surface area (Å²) in [6.45, 7) is 6.98. The summed E-state index contributed by atoms with van der Waals surface area (Å²) < 4.78 is 2.68. The second-order valence-corrected chi connectivity index (χ2v) is 8.07. The van der Waals surface area contributed by atoms with Crippen LogP contribution < -0.4 is 10.6 Å². The molecule has 8 heteroatoms. The van der Waals surface area contributed by atoms with Crippen LogP contribution in [0.4, 0.5) is 5.69 Å². The minimum absolute atomic E-state index is 0.166. The van der Waals surface area contributed by atoms with Gasteiger partial charge in [-0.2, -0.15) is 5.10 Å². The van der Waals surface area contributed by atoms with Crippen LogP contribution in [-0.4, -0.2) is 28.1 Å². The van der Waals surface area contributed by atoms with E-state index in [-0.39, 0.29) is 24.8 Å². The predicted octanol–water partition coefficient (Wildman–Crippen LogP) is 4.42. The Balaban J connectivity index is 1.81. The fraction of sp³-hybridized carbons (Fsp3) is 0.350. The van der Waals surface area contributed by atoms with E-state index in [0.717, 1.165) is 15.7 Å². The Morgan fingerprint density at radius 1 is 1.29 bits per heavy atom. The van der Waals surface area contributed by atoms with Crippen molar-refractivity contribution in [3.05, 3.63) is 51.2 Å². The molecule has 0 spiro atoms. The molecule has 0 unspecified atom stereocenters. The van der Waals surface area contributed by atoms with Gasteiger partial charge in [-0.1, -0.05) is 41.4 Å². The maximum atomic E-state index is 12.0. The SMILES string of the molecule is Cc1nn(CC(C)C)c(Cl)c1/C=C/C(=O)NCCC(=O)Nc1ccc(Br)cc1. The first-order chi connectivity index (χ1) is 13.3. The summed E-state index contributed by atoms with van der Waals surface area (Å²) in [4.78, 5) is 23.9. The minimum Gasteiger partial charge on any atom is -0.352 e. The predicted molar refractivity (Wildman–Crippen MR) is 116 cm³/mol. The molecule has 0 aliphatic carbocycles. The van der Waals surface area contributed by atoms with E-state index in [9.17, 15) is 9.59 Å². The van der Waals surface area contributed by atoms with Gasteiger partial charge in [0.1, 0.15) is 5.15 Å². The third-order valence-electron chi connectivity index (χ3n) is 3.83. The molecule has 2 amide bonds. The van der Waals surface area contributed by atoms with E-state index >= 15 is 0 Å². The van der Waals surface area contributed by atoms with Crippen molar-refractivity contribution in [3.63, 3.8) is 0 Å². The van der Waals surface area contributed by atoms with Crippen molar-refractivity contribution in [2.45, 2.75) is 33.7 Å². The molecule has 1 heterocycles. The highest BCUT2D eigenvalue weighted by Gasteiger charge is 2.12. The average Bonchev–Trinajstić information content (AvgIpc) is 2.88. The fourth-order valence-corrected chi connectivity index (χ4v) is 3.07. The third kappa shape index (κ3) is 6.80. The first-order valence-electron chi connectivity index (χ1n) is 9.00. The number of carbonyl (C=O) groups excluding carboxylic acids is 2. The maximum Gasteiger partial charge on any atom is 0.244 e. The van der Waals surface area contributed by atoms with Crippen molar-refractivity contribution in [1.29, 1.82) is 0 Å². The van der Waals surface area contributed by atoms with Crippen LogP contribution in [0.15, 0.2) is 34.8 Å². The highest BCUT2D eigenvalue weighted by molar-refractivity contribution is 9.10. The van der Waals surface area contributed by atoms with Crippen molar-refractivity contribution in [3.8, 4) is 0 Å². The van der Waals surface area contributed by atoms with Crippen molar-refractivity contribution in [2.75, 3.05) is 11.9 Å². The summed E-state index contributed by atoms with van der Waals surface area (Å²) in [6, 6.07) is 7.29. The zero-order valence-electron chi connectivity index (χ0n) is 16.1. The molecular formula is C20H24BrClN4O2. The number of nitrogens with one attached hydrogen (secondary N) is 2. The number of aromatic nitrogens is 2. The Hall–Kier alpha value is -2.12. The standard InChI is InChI=1S/C20H24BrClN4O2/c1-13(2)12-26-20(22)17(14(3)25-26)8-9-18(27)23-11-10-19(28)24-16-6-4-15(21)5-7-16/h4-9,13H,10-12H2,1-3H3,(H,23,27)(H,24,28)/b9-8+. The van der Waals surface area contributed by atoms with Gasteiger partial charge < -0.3 is 10.6 Å². The lowest BCUT2D eigenvalue weighted by molar-refractivity contribution is -0.117. The molecule has 0 radical (unpaired) electrons. The van der Waals surface area contributed by atoms with Crippen LogP contribution in [-0.2, 0) is 16.1 Å². The largest absolute Gasteiger partial charge is 0.352 e. The molecule has 2 rings (SSSR count). The number of halogens is 2. The average molecular weight is 468 g/mol. The molecule has 28 heavy (non-hydrogen) atoms. The lowest BCUT2D eigenvalue weighted by Gasteiger charge is -2.06. The summed E-state index contributed by atoms with van der Waals surface area (Å²) in [5.41, 5.74) is 2.21. The Kier molecular flexibility index (Phi) is 8.26. The van der Waals surface area contributed by atoms with E-state index in [1.54, 1.807) is 22.9 Å². The van der Waals surface area contributed by atoms with Crippen LogP contribution in [0.25, 0.3) is 6.08 Å². The summed E-state index contributed by atoms with van der Waals surface area (Å²) in [5, 5.41) is 10.4. The van der Waals surface area contributed by atoms with E-state index in [4.69, 9.17) is 11.6 Å². The molecule has 1 aromatic carbocycles. The van der Waals surface area contributed by atoms with Crippen LogP contribution in [0, 0.1) is 12.8 Å². The molecule has 6 nitrogen and oxygen atoms in total. The molecule has 0 saturated heterocycles. The second-order valence-electron chi connectivity index (χ2n) is 6.80. The van der Waals surface area contributed by atoms with Crippen LogP contribution in [0.1, 0.15) is 31.5 Å². The van der Waals surface area contributed by atoms with Gasteiger partial charge in [-0.15, -0.1) is 0 Å². The smallest absolute Gasteiger partial charge is 0.244 e. The number of nitrogens with zero attached hydrogens (tertiary/aromatic N) is 2. The van der Waals surface area contributed by atoms with E-state index in [1.807, 2.05) is 19.1 Å². The number of anilines is 1. The molecule has 2 N–H and O–H groups in total. The van der Waals surface area contributed by atoms with Crippen LogP contribution >= 0.6 is 27.5 Å². The van der Waals surface area contributed by atoms with Crippen molar-refractivity contribution in [2.24, 2.45) is 5.92 Å². The molecule has 150 valence electrons. The molecule has 1 aromatic heterocycles. The normalized spacial score (nSPS) is 11.2. The fourth-order valence-electron chi connectivity index (χ4n) is 2.50. The zero-order chi connectivity index (χ0) is 20.7. The van der Waals surface area contributed by atoms with Crippen LogP contribution in [0.3, 0.4) is 0 Å². The highest BCUT2D eigenvalue weighted by atomic mass is 79.9. The van der Waals surface area contributed by atoms with Crippen molar-refractivity contribution < 1.29 is 9.59 Å². The zero-order valence-corrected chi connectivity index (χ0v) is 18.5. The van der Waals surface area contributed by atoms with Gasteiger partial charge in [0.05, 0.1) is 5.69 Å². The Morgan fingerprint density at radius 2 is 1.96 bits per heavy atom. The monoisotopic (exact) mass is 466 g/mol. The lowest BCUT2D eigenvalue weighted by Crippen LogP contribution is -2.26. The third-order valence-corrected chi connectivity index (χ3v) is 4.76. The first-order valence-corrected chi connectivity index (χ1v) is 10.2. The summed E-state index contributed by atoms with van der Waals surface area (Å²) >= 11 is 9.69. The van der Waals surface area contributed by atoms with E-state index < -0.39 is 0 Å².